The van der Waals surface area contributed by atoms with Gasteiger partial charge in [0.1, 0.15) is 5.75 Å². The molecule has 1 aromatic carbocycles. The molecule has 1 aliphatic rings. The Kier molecular flexibility index (Phi) is 5.84. The van der Waals surface area contributed by atoms with Crippen LogP contribution in [0.3, 0.4) is 0 Å². The SMILES string of the molecule is COc1ccc2[nH]c(CNC(=O)[C@@H]3CC[C@H](N(C)C)CN(C)C3)cc2c1. The fraction of sp³-hybridized carbons (Fsp3) is 0.550. The maximum absolute atomic E-state index is 12.7. The minimum absolute atomic E-state index is 0.0504. The van der Waals surface area contributed by atoms with Crippen molar-refractivity contribution in [3.05, 3.63) is 30.0 Å². The summed E-state index contributed by atoms with van der Waals surface area (Å²) in [6.45, 7) is 2.36. The number of carbonyl (C=O) groups is 1. The molecule has 0 unspecified atom stereocenters. The highest BCUT2D eigenvalue weighted by molar-refractivity contribution is 5.82. The zero-order chi connectivity index (χ0) is 18.7. The van der Waals surface area contributed by atoms with Gasteiger partial charge in [-0.15, -0.1) is 0 Å². The Bertz CT molecular complexity index is 755. The molecule has 2 aromatic rings. The zero-order valence-electron chi connectivity index (χ0n) is 16.2. The minimum atomic E-state index is 0.0504. The van der Waals surface area contributed by atoms with E-state index >= 15 is 0 Å². The normalized spacial score (nSPS) is 21.7. The molecule has 3 rings (SSSR count). The summed E-state index contributed by atoms with van der Waals surface area (Å²) in [6, 6.07) is 8.52. The largest absolute Gasteiger partial charge is 0.497 e. The van der Waals surface area contributed by atoms with E-state index in [-0.39, 0.29) is 11.8 Å². The number of amides is 1. The van der Waals surface area contributed by atoms with E-state index in [0.29, 0.717) is 12.6 Å². The lowest BCUT2D eigenvalue weighted by Gasteiger charge is -2.25. The van der Waals surface area contributed by atoms with Crippen LogP contribution >= 0.6 is 0 Å². The number of likely N-dealkylation sites (tertiary alicyclic amines) is 1. The van der Waals surface area contributed by atoms with Gasteiger partial charge in [-0.05, 0) is 58.3 Å². The summed E-state index contributed by atoms with van der Waals surface area (Å²) in [5.74, 6) is 1.03. The van der Waals surface area contributed by atoms with Gasteiger partial charge < -0.3 is 24.8 Å². The van der Waals surface area contributed by atoms with Crippen molar-refractivity contribution in [2.24, 2.45) is 5.92 Å². The number of H-pyrrole nitrogens is 1. The summed E-state index contributed by atoms with van der Waals surface area (Å²) in [5.41, 5.74) is 2.06. The van der Waals surface area contributed by atoms with E-state index in [0.717, 1.165) is 48.3 Å². The lowest BCUT2D eigenvalue weighted by atomic mass is 10.0. The molecule has 1 aromatic heterocycles. The van der Waals surface area contributed by atoms with Crippen LogP contribution < -0.4 is 10.1 Å². The minimum Gasteiger partial charge on any atom is -0.497 e. The molecule has 2 N–H and O–H groups in total. The number of hydrogen-bond donors (Lipinski definition) is 2. The van der Waals surface area contributed by atoms with Crippen LogP contribution in [0.4, 0.5) is 0 Å². The van der Waals surface area contributed by atoms with Crippen LogP contribution in [0.15, 0.2) is 24.3 Å². The first-order chi connectivity index (χ1) is 12.5. The molecule has 26 heavy (non-hydrogen) atoms. The average Bonchev–Trinajstić information content (AvgIpc) is 2.92. The van der Waals surface area contributed by atoms with E-state index in [1.165, 1.54) is 0 Å². The van der Waals surface area contributed by atoms with Crippen molar-refractivity contribution >= 4 is 16.8 Å². The zero-order valence-corrected chi connectivity index (χ0v) is 16.2. The number of nitrogens with zero attached hydrogens (tertiary/aromatic N) is 2. The van der Waals surface area contributed by atoms with Gasteiger partial charge in [-0.1, -0.05) is 0 Å². The standard InChI is InChI=1S/C20H30N4O2/c1-23(2)17-6-5-14(12-24(3)13-17)20(25)21-11-16-9-15-10-18(26-4)7-8-19(15)22-16/h7-10,14,17,22H,5-6,11-13H2,1-4H3,(H,21,25)/t14-,17+/m1/s1. The first-order valence-corrected chi connectivity index (χ1v) is 9.24. The quantitative estimate of drug-likeness (QED) is 0.859. The number of carbonyl (C=O) groups excluding carboxylic acids is 1. The number of nitrogens with one attached hydrogen (secondary N) is 2. The summed E-state index contributed by atoms with van der Waals surface area (Å²) in [4.78, 5) is 20.6. The number of rotatable bonds is 5. The van der Waals surface area contributed by atoms with Crippen molar-refractivity contribution in [2.45, 2.75) is 25.4 Å². The molecule has 0 radical (unpaired) electrons. The van der Waals surface area contributed by atoms with Crippen LogP contribution in [0, 0.1) is 5.92 Å². The van der Waals surface area contributed by atoms with Crippen LogP contribution in [-0.2, 0) is 11.3 Å². The van der Waals surface area contributed by atoms with E-state index < -0.39 is 0 Å². The van der Waals surface area contributed by atoms with Crippen molar-refractivity contribution in [1.29, 1.82) is 0 Å². The number of ether oxygens (including phenoxy) is 1. The maximum atomic E-state index is 12.7. The van der Waals surface area contributed by atoms with Gasteiger partial charge in [0, 0.05) is 35.7 Å². The van der Waals surface area contributed by atoms with Crippen molar-refractivity contribution in [1.82, 2.24) is 20.1 Å². The lowest BCUT2D eigenvalue weighted by molar-refractivity contribution is -0.125. The van der Waals surface area contributed by atoms with Crippen molar-refractivity contribution in [3.63, 3.8) is 0 Å². The number of aromatic amines is 1. The highest BCUT2D eigenvalue weighted by atomic mass is 16.5. The third kappa shape index (κ3) is 4.37. The molecule has 2 heterocycles. The smallest absolute Gasteiger partial charge is 0.224 e. The molecule has 2 atom stereocenters. The molecular weight excluding hydrogens is 328 g/mol. The molecule has 1 saturated heterocycles. The predicted molar refractivity (Wildman–Crippen MR) is 104 cm³/mol. The molecule has 6 nitrogen and oxygen atoms in total. The molecule has 142 valence electrons. The van der Waals surface area contributed by atoms with Crippen molar-refractivity contribution in [2.75, 3.05) is 41.3 Å². The van der Waals surface area contributed by atoms with E-state index in [9.17, 15) is 4.79 Å². The Balaban J connectivity index is 1.59. The molecule has 0 bridgehead atoms. The van der Waals surface area contributed by atoms with E-state index in [1.807, 2.05) is 18.2 Å². The summed E-state index contributed by atoms with van der Waals surface area (Å²) in [7, 11) is 8.00. The molecule has 1 fully saturated rings. The number of fused-ring (bicyclic) bond motifs is 1. The Labute approximate surface area is 155 Å². The number of methoxy groups -OCH3 is 1. The van der Waals surface area contributed by atoms with Gasteiger partial charge >= 0.3 is 0 Å². The molecule has 0 saturated carbocycles. The van der Waals surface area contributed by atoms with Gasteiger partial charge in [0.25, 0.3) is 0 Å². The highest BCUT2D eigenvalue weighted by Gasteiger charge is 2.27. The fourth-order valence-electron chi connectivity index (χ4n) is 3.74. The Morgan fingerprint density at radius 3 is 2.85 bits per heavy atom. The number of benzene rings is 1. The third-order valence-corrected chi connectivity index (χ3v) is 5.34. The van der Waals surface area contributed by atoms with E-state index in [4.69, 9.17) is 4.74 Å². The molecule has 0 aliphatic carbocycles. The number of aromatic nitrogens is 1. The summed E-state index contributed by atoms with van der Waals surface area (Å²) < 4.78 is 5.26. The van der Waals surface area contributed by atoms with Crippen molar-refractivity contribution < 1.29 is 9.53 Å². The Morgan fingerprint density at radius 2 is 2.12 bits per heavy atom. The average molecular weight is 358 g/mol. The maximum Gasteiger partial charge on any atom is 0.224 e. The second kappa shape index (κ2) is 8.10. The third-order valence-electron chi connectivity index (χ3n) is 5.34. The van der Waals surface area contributed by atoms with Crippen LogP contribution in [0.2, 0.25) is 0 Å². The van der Waals surface area contributed by atoms with Crippen LogP contribution in [0.1, 0.15) is 18.5 Å². The lowest BCUT2D eigenvalue weighted by Crippen LogP contribution is -2.39. The molecule has 1 amide bonds. The first-order valence-electron chi connectivity index (χ1n) is 9.24. The monoisotopic (exact) mass is 358 g/mol. The number of hydrogen-bond acceptors (Lipinski definition) is 4. The highest BCUT2D eigenvalue weighted by Crippen LogP contribution is 2.22. The van der Waals surface area contributed by atoms with Gasteiger partial charge in [-0.3, -0.25) is 4.79 Å². The topological polar surface area (TPSA) is 60.6 Å². The van der Waals surface area contributed by atoms with Crippen LogP contribution in [0.5, 0.6) is 5.75 Å². The fourth-order valence-corrected chi connectivity index (χ4v) is 3.74. The Morgan fingerprint density at radius 1 is 1.31 bits per heavy atom. The van der Waals surface area contributed by atoms with Gasteiger partial charge in [0.05, 0.1) is 19.6 Å². The summed E-state index contributed by atoms with van der Waals surface area (Å²) in [5, 5.41) is 4.20. The van der Waals surface area contributed by atoms with Gasteiger partial charge in [0.2, 0.25) is 5.91 Å². The second-order valence-electron chi connectivity index (χ2n) is 7.58. The molecular formula is C20H30N4O2. The molecule has 6 heteroatoms. The first kappa shape index (κ1) is 18.7. The predicted octanol–water partition coefficient (Wildman–Crippen LogP) is 2.06. The summed E-state index contributed by atoms with van der Waals surface area (Å²) >= 11 is 0. The molecule has 0 spiro atoms. The van der Waals surface area contributed by atoms with E-state index in [1.54, 1.807) is 7.11 Å². The van der Waals surface area contributed by atoms with Gasteiger partial charge in [0.15, 0.2) is 0 Å². The van der Waals surface area contributed by atoms with E-state index in [2.05, 4.69) is 47.3 Å². The van der Waals surface area contributed by atoms with Crippen molar-refractivity contribution in [3.8, 4) is 5.75 Å². The van der Waals surface area contributed by atoms with Gasteiger partial charge in [-0.2, -0.15) is 0 Å². The van der Waals surface area contributed by atoms with Gasteiger partial charge in [-0.25, -0.2) is 0 Å². The second-order valence-corrected chi connectivity index (χ2v) is 7.58. The van der Waals surface area contributed by atoms with Crippen LogP contribution in [0.25, 0.3) is 10.9 Å². The number of likely N-dealkylation sites (N-methyl/N-ethyl adjacent to an activating group) is 2. The Hall–Kier alpha value is -2.05. The summed E-state index contributed by atoms with van der Waals surface area (Å²) in [6.07, 6.45) is 1.99. The molecule has 1 aliphatic heterocycles. The van der Waals surface area contributed by atoms with Crippen LogP contribution in [-0.4, -0.2) is 68.1 Å².